The van der Waals surface area contributed by atoms with Crippen LogP contribution in [0.15, 0.2) is 30.7 Å². The second kappa shape index (κ2) is 15.5. The summed E-state index contributed by atoms with van der Waals surface area (Å²) in [6.45, 7) is 5.86. The van der Waals surface area contributed by atoms with E-state index in [2.05, 4.69) is 30.5 Å². The summed E-state index contributed by atoms with van der Waals surface area (Å²) >= 11 is 6.81. The summed E-state index contributed by atoms with van der Waals surface area (Å²) in [5.74, 6) is 1.18. The lowest BCUT2D eigenvalue weighted by Crippen LogP contribution is -2.41. The van der Waals surface area contributed by atoms with Crippen LogP contribution in [0.2, 0.25) is 5.02 Å². The van der Waals surface area contributed by atoms with Crippen molar-refractivity contribution in [3.8, 4) is 5.75 Å². The van der Waals surface area contributed by atoms with Gasteiger partial charge in [-0.2, -0.15) is 0 Å². The molecule has 3 aliphatic rings. The smallest absolute Gasteiger partial charge is 0.219 e. The Hall–Kier alpha value is -3.65. The second-order valence-corrected chi connectivity index (χ2v) is 13.0. The highest BCUT2D eigenvalue weighted by atomic mass is 35.5. The Morgan fingerprint density at radius 1 is 1.17 bits per heavy atom. The number of carbonyl (C=O) groups is 2. The molecule has 1 amide bonds. The van der Waals surface area contributed by atoms with Gasteiger partial charge >= 0.3 is 0 Å². The van der Waals surface area contributed by atoms with Gasteiger partial charge in [0.25, 0.3) is 0 Å². The number of nitrogens with one attached hydrogen (secondary N) is 1. The van der Waals surface area contributed by atoms with Gasteiger partial charge in [-0.3, -0.25) is 14.5 Å². The van der Waals surface area contributed by atoms with Crippen LogP contribution in [0.1, 0.15) is 85.4 Å². The van der Waals surface area contributed by atoms with Crippen LogP contribution in [0, 0.1) is 0 Å². The minimum absolute atomic E-state index is 0.0922. The van der Waals surface area contributed by atoms with Crippen molar-refractivity contribution in [3.63, 3.8) is 0 Å². The van der Waals surface area contributed by atoms with Gasteiger partial charge < -0.3 is 24.8 Å². The number of β-amino-alcohol motifs (C(OH)–C–C–N with tert-alkyl or cyclic N) is 1. The molecule has 252 valence electrons. The molecule has 1 unspecified atom stereocenters. The zero-order valence-electron chi connectivity index (χ0n) is 26.8. The number of carbonyl (C=O) groups excluding carboxylic acids is 2. The van der Waals surface area contributed by atoms with Crippen molar-refractivity contribution >= 4 is 29.1 Å². The number of likely N-dealkylation sites (tertiary alicyclic amines) is 1. The molecule has 0 aliphatic carbocycles. The molecule has 1 aromatic carbocycles. The maximum absolute atomic E-state index is 12.9. The van der Waals surface area contributed by atoms with Crippen molar-refractivity contribution in [1.82, 2.24) is 34.8 Å². The van der Waals surface area contributed by atoms with Gasteiger partial charge in [-0.1, -0.05) is 22.9 Å². The molecule has 47 heavy (non-hydrogen) atoms. The highest BCUT2D eigenvalue weighted by Gasteiger charge is 2.25. The maximum atomic E-state index is 12.9. The van der Waals surface area contributed by atoms with E-state index in [4.69, 9.17) is 21.1 Å². The van der Waals surface area contributed by atoms with Crippen molar-refractivity contribution in [2.75, 3.05) is 38.1 Å². The van der Waals surface area contributed by atoms with Crippen LogP contribution in [0.4, 0.5) is 5.82 Å². The molecule has 0 radical (unpaired) electrons. The Morgan fingerprint density at radius 2 is 2.02 bits per heavy atom. The number of hydrogen-bond donors (Lipinski definition) is 2. The van der Waals surface area contributed by atoms with E-state index in [1.54, 1.807) is 23.9 Å². The van der Waals surface area contributed by atoms with E-state index in [-0.39, 0.29) is 37.0 Å². The number of ether oxygens (including phenoxy) is 2. The van der Waals surface area contributed by atoms with Gasteiger partial charge in [0, 0.05) is 64.8 Å². The summed E-state index contributed by atoms with van der Waals surface area (Å²) in [6, 6.07) is 5.78. The molecule has 0 saturated carbocycles. The molecule has 3 aromatic rings. The number of nitrogens with zero attached hydrogens (tertiary/aromatic N) is 7. The zero-order chi connectivity index (χ0) is 32.8. The molecule has 2 atom stereocenters. The fourth-order valence-electron chi connectivity index (χ4n) is 6.55. The number of aliphatic hydroxyl groups is 1. The Labute approximate surface area is 279 Å². The van der Waals surface area contributed by atoms with E-state index in [0.717, 1.165) is 68.5 Å². The molecule has 13 nitrogen and oxygen atoms in total. The molecular weight excluding hydrogens is 624 g/mol. The van der Waals surface area contributed by atoms with Crippen molar-refractivity contribution in [2.24, 2.45) is 0 Å². The summed E-state index contributed by atoms with van der Waals surface area (Å²) in [5.41, 5.74) is 3.33. The predicted molar refractivity (Wildman–Crippen MR) is 174 cm³/mol. The van der Waals surface area contributed by atoms with Gasteiger partial charge in [-0.15, -0.1) is 5.10 Å². The van der Waals surface area contributed by atoms with E-state index in [0.29, 0.717) is 54.9 Å². The number of hydrogen-bond acceptors (Lipinski definition) is 11. The number of aliphatic hydroxyl groups excluding tert-OH is 1. The summed E-state index contributed by atoms with van der Waals surface area (Å²) in [7, 11) is 0. The van der Waals surface area contributed by atoms with Crippen LogP contribution in [-0.4, -0.2) is 96.5 Å². The van der Waals surface area contributed by atoms with Crippen LogP contribution in [0.5, 0.6) is 5.75 Å². The highest BCUT2D eigenvalue weighted by Crippen LogP contribution is 2.35. The minimum Gasteiger partial charge on any atom is -0.486 e. The van der Waals surface area contributed by atoms with Crippen molar-refractivity contribution in [3.05, 3.63) is 58.3 Å². The van der Waals surface area contributed by atoms with Gasteiger partial charge in [0.15, 0.2) is 12.0 Å². The Morgan fingerprint density at radius 3 is 2.81 bits per heavy atom. The van der Waals surface area contributed by atoms with Crippen molar-refractivity contribution < 1.29 is 24.2 Å². The molecule has 2 N–H and O–H groups in total. The number of anilines is 1. The van der Waals surface area contributed by atoms with Gasteiger partial charge in [-0.25, -0.2) is 14.6 Å². The number of aromatic nitrogens is 5. The lowest BCUT2D eigenvalue weighted by atomic mass is 9.98. The molecule has 14 heteroatoms. The first-order valence-corrected chi connectivity index (χ1v) is 16.9. The van der Waals surface area contributed by atoms with E-state index in [1.165, 1.54) is 6.33 Å². The fourth-order valence-corrected chi connectivity index (χ4v) is 6.88. The normalized spacial score (nSPS) is 19.6. The van der Waals surface area contributed by atoms with Crippen molar-refractivity contribution in [2.45, 2.75) is 89.8 Å². The van der Waals surface area contributed by atoms with Gasteiger partial charge in [0.2, 0.25) is 5.91 Å². The molecule has 3 aliphatic heterocycles. The topological polar surface area (TPSA) is 148 Å². The third-order valence-corrected chi connectivity index (χ3v) is 9.66. The van der Waals surface area contributed by atoms with Crippen LogP contribution < -0.4 is 10.1 Å². The van der Waals surface area contributed by atoms with Crippen LogP contribution in [0.3, 0.4) is 0 Å². The summed E-state index contributed by atoms with van der Waals surface area (Å²) < 4.78 is 13.8. The molecule has 6 rings (SSSR count). The lowest BCUT2D eigenvalue weighted by Gasteiger charge is -2.32. The van der Waals surface area contributed by atoms with Crippen molar-refractivity contribution in [1.29, 1.82) is 0 Å². The largest absolute Gasteiger partial charge is 0.486 e. The first-order valence-electron chi connectivity index (χ1n) is 16.6. The third-order valence-electron chi connectivity index (χ3n) is 9.25. The average molecular weight is 667 g/mol. The average Bonchev–Trinajstić information content (AvgIpc) is 3.56. The molecular formula is C33H43ClN8O5. The molecule has 0 spiro atoms. The van der Waals surface area contributed by atoms with Gasteiger partial charge in [0.05, 0.1) is 23.0 Å². The van der Waals surface area contributed by atoms with Gasteiger partial charge in [-0.05, 0) is 62.1 Å². The number of amides is 1. The SMILES string of the molecule is CC(=O)N1CCC(Nc2cc(C(=O)CC[C@H](O)CN3CCc4c(ccc(OCc5cnnn5C5CCCCO5)c4Cl)C3)ncn2)CC1. The molecule has 2 saturated heterocycles. The molecule has 2 aromatic heterocycles. The molecule has 0 bridgehead atoms. The fraction of sp³-hybridized carbons (Fsp3) is 0.576. The quantitative estimate of drug-likeness (QED) is 0.272. The summed E-state index contributed by atoms with van der Waals surface area (Å²) in [5, 5.41) is 23.1. The number of piperidine rings is 1. The second-order valence-electron chi connectivity index (χ2n) is 12.6. The van der Waals surface area contributed by atoms with E-state index in [1.807, 2.05) is 17.0 Å². The number of benzene rings is 1. The van der Waals surface area contributed by atoms with Crippen LogP contribution in [-0.2, 0) is 29.1 Å². The number of ketones is 1. The Bertz CT molecular complexity index is 1540. The number of fused-ring (bicyclic) bond motifs is 1. The summed E-state index contributed by atoms with van der Waals surface area (Å²) in [6.07, 6.45) is 8.29. The Balaban J connectivity index is 0.958. The standard InChI is InChI=1S/C33H43ClN8O5/c1-22(43)41-13-9-24(10-14-41)38-31-16-28(35-21-36-31)29(45)7-6-26(44)19-40-12-11-27-23(18-40)5-8-30(33(27)34)47-20-25-17-37-39-42(25)32-4-2-3-15-46-32/h5,8,16-17,21,24,26,32,44H,2-4,6-7,9-15,18-20H2,1H3,(H,35,36,38)/t26-,32?/m0/s1. The summed E-state index contributed by atoms with van der Waals surface area (Å²) in [4.78, 5) is 37.0. The third kappa shape index (κ3) is 8.45. The molecule has 5 heterocycles. The van der Waals surface area contributed by atoms with Crippen LogP contribution in [0.25, 0.3) is 0 Å². The highest BCUT2D eigenvalue weighted by molar-refractivity contribution is 6.33. The van der Waals surface area contributed by atoms with Crippen LogP contribution >= 0.6 is 11.6 Å². The monoisotopic (exact) mass is 666 g/mol. The van der Waals surface area contributed by atoms with E-state index < -0.39 is 6.10 Å². The number of rotatable bonds is 12. The first-order chi connectivity index (χ1) is 22.8. The predicted octanol–water partition coefficient (Wildman–Crippen LogP) is 3.80. The van der Waals surface area contributed by atoms with E-state index in [9.17, 15) is 14.7 Å². The van der Waals surface area contributed by atoms with E-state index >= 15 is 0 Å². The Kier molecular flexibility index (Phi) is 11.0. The zero-order valence-corrected chi connectivity index (χ0v) is 27.6. The maximum Gasteiger partial charge on any atom is 0.219 e. The number of Topliss-reactive ketones (excluding diaryl/α,β-unsaturated/α-hetero) is 1. The van der Waals surface area contributed by atoms with Gasteiger partial charge in [0.1, 0.15) is 30.2 Å². The number of halogens is 1. The first kappa shape index (κ1) is 33.3. The lowest BCUT2D eigenvalue weighted by molar-refractivity contribution is -0.129. The molecule has 2 fully saturated rings. The minimum atomic E-state index is -0.656.